The molecule has 5 nitrogen and oxygen atoms in total. The Balaban J connectivity index is 1.93. The zero-order valence-electron chi connectivity index (χ0n) is 15.2. The zero-order chi connectivity index (χ0) is 20.7. The van der Waals surface area contributed by atoms with Crippen molar-refractivity contribution in [1.82, 2.24) is 0 Å². The van der Waals surface area contributed by atoms with E-state index in [1.165, 1.54) is 25.3 Å². The fourth-order valence-electron chi connectivity index (χ4n) is 3.50. The third-order valence-corrected chi connectivity index (χ3v) is 6.34. The molecule has 1 amide bonds. The summed E-state index contributed by atoms with van der Waals surface area (Å²) in [6, 6.07) is 11.0. The number of rotatable bonds is 4. The Bertz CT molecular complexity index is 1130. The number of anilines is 1. The highest BCUT2D eigenvalue weighted by molar-refractivity contribution is 7.15. The molecule has 0 fully saturated rings. The van der Waals surface area contributed by atoms with Gasteiger partial charge in [-0.3, -0.25) is 4.79 Å². The van der Waals surface area contributed by atoms with E-state index in [9.17, 15) is 19.1 Å². The normalized spacial score (nSPS) is 15.6. The summed E-state index contributed by atoms with van der Waals surface area (Å²) < 4.78 is 19.7. The number of carbonyl (C=O) groups excluding carboxylic acids is 1. The van der Waals surface area contributed by atoms with Gasteiger partial charge in [0.05, 0.1) is 12.8 Å². The summed E-state index contributed by atoms with van der Waals surface area (Å²) in [5.41, 5.74) is 1.69. The van der Waals surface area contributed by atoms with E-state index in [0.29, 0.717) is 32.5 Å². The van der Waals surface area contributed by atoms with Gasteiger partial charge in [-0.1, -0.05) is 23.7 Å². The molecule has 2 heterocycles. The number of ether oxygens (including phenoxy) is 1. The van der Waals surface area contributed by atoms with Gasteiger partial charge >= 0.3 is 5.97 Å². The van der Waals surface area contributed by atoms with Crippen molar-refractivity contribution in [2.45, 2.75) is 12.3 Å². The van der Waals surface area contributed by atoms with Crippen LogP contribution in [0.1, 0.15) is 32.5 Å². The summed E-state index contributed by atoms with van der Waals surface area (Å²) in [6.45, 7) is 0. The highest BCUT2D eigenvalue weighted by Gasteiger charge is 2.35. The third-order valence-electron chi connectivity index (χ3n) is 4.81. The molecule has 1 unspecified atom stereocenters. The SMILES string of the molecule is COc1ccc(-c2c(C(=O)O)sc3c2NC(=O)CC3c2cc(Cl)ccc2F)cc1. The molecule has 0 radical (unpaired) electrons. The summed E-state index contributed by atoms with van der Waals surface area (Å²) in [6.07, 6.45) is 0.00584. The Morgan fingerprint density at radius 1 is 1.28 bits per heavy atom. The molecule has 1 aromatic heterocycles. The number of hydrogen-bond acceptors (Lipinski definition) is 4. The maximum Gasteiger partial charge on any atom is 0.346 e. The molecule has 29 heavy (non-hydrogen) atoms. The van der Waals surface area contributed by atoms with Crippen LogP contribution in [0.3, 0.4) is 0 Å². The van der Waals surface area contributed by atoms with Crippen LogP contribution in [0.4, 0.5) is 10.1 Å². The van der Waals surface area contributed by atoms with Gasteiger partial charge in [0.15, 0.2) is 0 Å². The van der Waals surface area contributed by atoms with E-state index in [1.54, 1.807) is 24.3 Å². The Kier molecular flexibility index (Phi) is 5.02. The molecule has 0 aliphatic carbocycles. The Morgan fingerprint density at radius 3 is 2.66 bits per heavy atom. The van der Waals surface area contributed by atoms with E-state index >= 15 is 0 Å². The van der Waals surface area contributed by atoms with E-state index in [1.807, 2.05) is 0 Å². The number of benzene rings is 2. The maximum atomic E-state index is 14.5. The van der Waals surface area contributed by atoms with Gasteiger partial charge in [0, 0.05) is 27.8 Å². The van der Waals surface area contributed by atoms with Crippen molar-refractivity contribution >= 4 is 40.5 Å². The number of fused-ring (bicyclic) bond motifs is 1. The molecule has 0 saturated heterocycles. The van der Waals surface area contributed by atoms with Crippen LogP contribution in [0, 0.1) is 5.82 Å². The largest absolute Gasteiger partial charge is 0.497 e. The molecule has 1 aliphatic rings. The number of thiophene rings is 1. The molecule has 0 spiro atoms. The number of methoxy groups -OCH3 is 1. The van der Waals surface area contributed by atoms with Crippen LogP contribution in [0.2, 0.25) is 5.02 Å². The summed E-state index contributed by atoms with van der Waals surface area (Å²) in [5, 5.41) is 12.9. The lowest BCUT2D eigenvalue weighted by atomic mass is 9.88. The minimum atomic E-state index is -1.12. The summed E-state index contributed by atoms with van der Waals surface area (Å²) >= 11 is 7.08. The first-order chi connectivity index (χ1) is 13.9. The summed E-state index contributed by atoms with van der Waals surface area (Å²) in [5.74, 6) is -1.91. The molecule has 0 bridgehead atoms. The number of carbonyl (C=O) groups is 2. The second-order valence-electron chi connectivity index (χ2n) is 6.55. The maximum absolute atomic E-state index is 14.5. The van der Waals surface area contributed by atoms with E-state index in [0.717, 1.165) is 11.3 Å². The van der Waals surface area contributed by atoms with Gasteiger partial charge in [-0.05, 0) is 41.5 Å². The fraction of sp³-hybridized carbons (Fsp3) is 0.143. The van der Waals surface area contributed by atoms with Gasteiger partial charge in [-0.2, -0.15) is 0 Å². The molecule has 0 saturated carbocycles. The van der Waals surface area contributed by atoms with Crippen LogP contribution in [-0.4, -0.2) is 24.1 Å². The topological polar surface area (TPSA) is 75.6 Å². The quantitative estimate of drug-likeness (QED) is 0.580. The van der Waals surface area contributed by atoms with E-state index < -0.39 is 17.7 Å². The van der Waals surface area contributed by atoms with Gasteiger partial charge in [0.25, 0.3) is 0 Å². The minimum absolute atomic E-state index is 0.00584. The number of halogens is 2. The van der Waals surface area contributed by atoms with Gasteiger partial charge in [0.2, 0.25) is 5.91 Å². The molecule has 8 heteroatoms. The molecule has 2 N–H and O–H groups in total. The third kappa shape index (κ3) is 3.47. The van der Waals surface area contributed by atoms with Crippen molar-refractivity contribution in [1.29, 1.82) is 0 Å². The Hall–Kier alpha value is -2.90. The van der Waals surface area contributed by atoms with Crippen molar-refractivity contribution in [2.75, 3.05) is 12.4 Å². The number of carboxylic acid groups (broad SMARTS) is 1. The molecule has 4 rings (SSSR count). The first-order valence-electron chi connectivity index (χ1n) is 8.68. The number of amides is 1. The van der Waals surface area contributed by atoms with Crippen LogP contribution in [-0.2, 0) is 4.79 Å². The number of hydrogen-bond donors (Lipinski definition) is 2. The number of nitrogens with one attached hydrogen (secondary N) is 1. The molecule has 148 valence electrons. The standard InChI is InChI=1S/C21H15ClFNO4S/c1-28-12-5-2-10(3-6-12)17-18-19(29-20(17)21(26)27)14(9-16(25)24-18)13-8-11(22)4-7-15(13)23/h2-8,14H,9H2,1H3,(H,24,25)(H,26,27). The van der Waals surface area contributed by atoms with Crippen molar-refractivity contribution in [3.05, 3.63) is 68.6 Å². The van der Waals surface area contributed by atoms with Crippen LogP contribution >= 0.6 is 22.9 Å². The first kappa shape index (κ1) is 19.4. The van der Waals surface area contributed by atoms with Gasteiger partial charge in [-0.25, -0.2) is 9.18 Å². The van der Waals surface area contributed by atoms with Crippen molar-refractivity contribution < 1.29 is 23.8 Å². The van der Waals surface area contributed by atoms with Crippen LogP contribution in [0.25, 0.3) is 11.1 Å². The highest BCUT2D eigenvalue weighted by atomic mass is 35.5. The summed E-state index contributed by atoms with van der Waals surface area (Å²) in [4.78, 5) is 25.1. The average Bonchev–Trinajstić information content (AvgIpc) is 3.09. The van der Waals surface area contributed by atoms with Crippen molar-refractivity contribution in [2.24, 2.45) is 0 Å². The summed E-state index contributed by atoms with van der Waals surface area (Å²) in [7, 11) is 1.54. The molecule has 1 atom stereocenters. The predicted octanol–water partition coefficient (Wildman–Crippen LogP) is 5.39. The Labute approximate surface area is 174 Å². The molecule has 2 aromatic carbocycles. The molecule has 1 aliphatic heterocycles. The predicted molar refractivity (Wildman–Crippen MR) is 110 cm³/mol. The Morgan fingerprint density at radius 2 is 2.00 bits per heavy atom. The van der Waals surface area contributed by atoms with Gasteiger partial charge in [-0.15, -0.1) is 11.3 Å². The lowest BCUT2D eigenvalue weighted by molar-refractivity contribution is -0.116. The number of carboxylic acids is 1. The van der Waals surface area contributed by atoms with Gasteiger partial charge in [0.1, 0.15) is 16.4 Å². The van der Waals surface area contributed by atoms with E-state index in [-0.39, 0.29) is 22.8 Å². The van der Waals surface area contributed by atoms with Crippen molar-refractivity contribution in [3.63, 3.8) is 0 Å². The smallest absolute Gasteiger partial charge is 0.346 e. The second kappa shape index (κ2) is 7.50. The molecule has 3 aromatic rings. The van der Waals surface area contributed by atoms with Crippen LogP contribution in [0.15, 0.2) is 42.5 Å². The highest BCUT2D eigenvalue weighted by Crippen LogP contribution is 2.50. The molecular weight excluding hydrogens is 417 g/mol. The average molecular weight is 432 g/mol. The first-order valence-corrected chi connectivity index (χ1v) is 9.87. The van der Waals surface area contributed by atoms with Crippen LogP contribution < -0.4 is 10.1 Å². The van der Waals surface area contributed by atoms with E-state index in [2.05, 4.69) is 5.32 Å². The zero-order valence-corrected chi connectivity index (χ0v) is 16.7. The second-order valence-corrected chi connectivity index (χ2v) is 8.04. The minimum Gasteiger partial charge on any atom is -0.497 e. The van der Waals surface area contributed by atoms with Gasteiger partial charge < -0.3 is 15.2 Å². The number of aromatic carboxylic acids is 1. The fourth-order valence-corrected chi connectivity index (χ4v) is 4.92. The molecular formula is C21H15ClFNO4S. The monoisotopic (exact) mass is 431 g/mol. The lowest BCUT2D eigenvalue weighted by Crippen LogP contribution is -2.23. The van der Waals surface area contributed by atoms with E-state index in [4.69, 9.17) is 16.3 Å². The lowest BCUT2D eigenvalue weighted by Gasteiger charge is -2.24. The van der Waals surface area contributed by atoms with Crippen molar-refractivity contribution in [3.8, 4) is 16.9 Å². The van der Waals surface area contributed by atoms with Crippen LogP contribution in [0.5, 0.6) is 5.75 Å².